The molecule has 0 aliphatic heterocycles. The normalized spacial score (nSPS) is 23.8. The highest BCUT2D eigenvalue weighted by molar-refractivity contribution is 5.72. The number of fused-ring (bicyclic) bond motifs is 1. The summed E-state index contributed by atoms with van der Waals surface area (Å²) in [6.45, 7) is 0.753. The molecule has 0 spiro atoms. The number of hydrogen-bond donors (Lipinski definition) is 3. The number of H-pyrrole nitrogens is 1. The van der Waals surface area contributed by atoms with Gasteiger partial charge in [0.25, 0.3) is 0 Å². The Morgan fingerprint density at radius 1 is 1.44 bits per heavy atom. The molecule has 5 nitrogen and oxygen atoms in total. The fourth-order valence-corrected chi connectivity index (χ4v) is 2.59. The topological polar surface area (TPSA) is 84.0 Å². The summed E-state index contributed by atoms with van der Waals surface area (Å²) in [5.41, 5.74) is 8.45. The Balaban J connectivity index is 1.72. The molecule has 18 heavy (non-hydrogen) atoms. The first-order chi connectivity index (χ1) is 8.72. The fraction of sp³-hybridized carbons (Fsp3) is 0.462. The predicted octanol–water partition coefficient (Wildman–Crippen LogP) is 1.09. The number of hydrogen-bond acceptors (Lipinski definition) is 4. The summed E-state index contributed by atoms with van der Waals surface area (Å²) in [6, 6.07) is 6.41. The molecule has 1 saturated carbocycles. The summed E-state index contributed by atoms with van der Waals surface area (Å²) in [5.74, 6) is -0.409. The van der Waals surface area contributed by atoms with Gasteiger partial charge < -0.3 is 15.5 Å². The van der Waals surface area contributed by atoms with E-state index >= 15 is 0 Å². The van der Waals surface area contributed by atoms with Crippen molar-refractivity contribution >= 4 is 11.1 Å². The van der Waals surface area contributed by atoms with E-state index in [4.69, 9.17) is 10.2 Å². The first-order valence-electron chi connectivity index (χ1n) is 6.33. The predicted molar refractivity (Wildman–Crippen MR) is 69.3 cm³/mol. The van der Waals surface area contributed by atoms with Gasteiger partial charge in [0.1, 0.15) is 0 Å². The second-order valence-electron chi connectivity index (χ2n) is 4.93. The van der Waals surface area contributed by atoms with Gasteiger partial charge >= 0.3 is 5.76 Å². The highest BCUT2D eigenvalue weighted by atomic mass is 16.4. The number of nitrogens with one attached hydrogen (secondary N) is 2. The van der Waals surface area contributed by atoms with E-state index in [-0.39, 0.29) is 6.04 Å². The summed E-state index contributed by atoms with van der Waals surface area (Å²) >= 11 is 0. The van der Waals surface area contributed by atoms with Gasteiger partial charge in [-0.15, -0.1) is 0 Å². The van der Waals surface area contributed by atoms with Gasteiger partial charge in [-0.05, 0) is 30.5 Å². The van der Waals surface area contributed by atoms with Gasteiger partial charge in [-0.1, -0.05) is 12.5 Å². The lowest BCUT2D eigenvalue weighted by Crippen LogP contribution is -2.40. The smallest absolute Gasteiger partial charge is 0.408 e. The number of rotatable bonds is 3. The van der Waals surface area contributed by atoms with E-state index in [1.54, 1.807) is 0 Å². The number of aromatic amines is 1. The zero-order valence-electron chi connectivity index (χ0n) is 10.1. The van der Waals surface area contributed by atoms with Crippen LogP contribution in [0.2, 0.25) is 0 Å². The van der Waals surface area contributed by atoms with Crippen molar-refractivity contribution in [1.29, 1.82) is 0 Å². The molecule has 96 valence electrons. The second-order valence-corrected chi connectivity index (χ2v) is 4.93. The van der Waals surface area contributed by atoms with Gasteiger partial charge in [-0.3, -0.25) is 4.98 Å². The molecule has 0 bridgehead atoms. The minimum atomic E-state index is -0.409. The van der Waals surface area contributed by atoms with Crippen LogP contribution in [0.3, 0.4) is 0 Å². The van der Waals surface area contributed by atoms with E-state index in [1.807, 2.05) is 18.2 Å². The molecule has 2 aromatic rings. The van der Waals surface area contributed by atoms with E-state index in [9.17, 15) is 4.79 Å². The van der Waals surface area contributed by atoms with Crippen molar-refractivity contribution in [3.05, 3.63) is 34.3 Å². The lowest BCUT2D eigenvalue weighted by atomic mass is 10.1. The van der Waals surface area contributed by atoms with Gasteiger partial charge in [0.2, 0.25) is 0 Å². The third-order valence-corrected chi connectivity index (χ3v) is 3.62. The van der Waals surface area contributed by atoms with Crippen molar-refractivity contribution in [3.63, 3.8) is 0 Å². The molecule has 2 unspecified atom stereocenters. The van der Waals surface area contributed by atoms with Crippen molar-refractivity contribution in [3.8, 4) is 0 Å². The SMILES string of the molecule is NC1CCCC1NCc1ccc2[nH]c(=O)oc2c1. The highest BCUT2D eigenvalue weighted by Gasteiger charge is 2.22. The Kier molecular flexibility index (Phi) is 2.93. The zero-order valence-corrected chi connectivity index (χ0v) is 10.1. The van der Waals surface area contributed by atoms with Crippen LogP contribution in [0.4, 0.5) is 0 Å². The zero-order chi connectivity index (χ0) is 12.5. The van der Waals surface area contributed by atoms with Crippen molar-refractivity contribution in [2.24, 2.45) is 5.73 Å². The van der Waals surface area contributed by atoms with Crippen LogP contribution >= 0.6 is 0 Å². The standard InChI is InChI=1S/C13H17N3O2/c14-9-2-1-3-10(9)15-7-8-4-5-11-12(6-8)18-13(17)16-11/h4-6,9-10,15H,1-3,7,14H2,(H,16,17). The van der Waals surface area contributed by atoms with E-state index in [2.05, 4.69) is 10.3 Å². The number of benzene rings is 1. The molecule has 1 aliphatic rings. The van der Waals surface area contributed by atoms with Gasteiger partial charge in [0, 0.05) is 18.6 Å². The van der Waals surface area contributed by atoms with Gasteiger partial charge in [-0.2, -0.15) is 0 Å². The third-order valence-electron chi connectivity index (χ3n) is 3.62. The van der Waals surface area contributed by atoms with Gasteiger partial charge in [0.15, 0.2) is 5.58 Å². The molecule has 0 saturated heterocycles. The molecule has 3 rings (SSSR count). The van der Waals surface area contributed by atoms with Crippen LogP contribution in [0.1, 0.15) is 24.8 Å². The maximum absolute atomic E-state index is 11.1. The van der Waals surface area contributed by atoms with Crippen LogP contribution < -0.4 is 16.8 Å². The summed E-state index contributed by atoms with van der Waals surface area (Å²) in [4.78, 5) is 13.7. The third kappa shape index (κ3) is 2.19. The quantitative estimate of drug-likeness (QED) is 0.758. The van der Waals surface area contributed by atoms with Crippen molar-refractivity contribution < 1.29 is 4.42 Å². The minimum Gasteiger partial charge on any atom is -0.408 e. The molecule has 1 aromatic carbocycles. The molecule has 5 heteroatoms. The average Bonchev–Trinajstić information content (AvgIpc) is 2.90. The first kappa shape index (κ1) is 11.5. The van der Waals surface area contributed by atoms with Crippen LogP contribution in [0, 0.1) is 0 Å². The molecule has 0 radical (unpaired) electrons. The molecule has 1 heterocycles. The lowest BCUT2D eigenvalue weighted by Gasteiger charge is -2.17. The van der Waals surface area contributed by atoms with E-state index < -0.39 is 5.76 Å². The minimum absolute atomic E-state index is 0.263. The van der Waals surface area contributed by atoms with Gasteiger partial charge in [-0.25, -0.2) is 4.79 Å². The van der Waals surface area contributed by atoms with Crippen molar-refractivity contribution in [2.75, 3.05) is 0 Å². The van der Waals surface area contributed by atoms with Crippen molar-refractivity contribution in [1.82, 2.24) is 10.3 Å². The lowest BCUT2D eigenvalue weighted by molar-refractivity contribution is 0.475. The molecular formula is C13H17N3O2. The largest absolute Gasteiger partial charge is 0.417 e. The monoisotopic (exact) mass is 247 g/mol. The fourth-order valence-electron chi connectivity index (χ4n) is 2.59. The maximum Gasteiger partial charge on any atom is 0.417 e. The van der Waals surface area contributed by atoms with Crippen LogP contribution in [0.25, 0.3) is 11.1 Å². The Hall–Kier alpha value is -1.59. The molecular weight excluding hydrogens is 230 g/mol. The Morgan fingerprint density at radius 3 is 3.11 bits per heavy atom. The Morgan fingerprint density at radius 2 is 2.33 bits per heavy atom. The van der Waals surface area contributed by atoms with Crippen LogP contribution in [0.5, 0.6) is 0 Å². The van der Waals surface area contributed by atoms with Crippen LogP contribution in [-0.4, -0.2) is 17.1 Å². The number of nitrogens with two attached hydrogens (primary N) is 1. The molecule has 2 atom stereocenters. The summed E-state index contributed by atoms with van der Waals surface area (Å²) in [6.07, 6.45) is 3.44. The maximum atomic E-state index is 11.1. The van der Waals surface area contributed by atoms with Gasteiger partial charge in [0.05, 0.1) is 5.52 Å². The highest BCUT2D eigenvalue weighted by Crippen LogP contribution is 2.18. The van der Waals surface area contributed by atoms with E-state index in [0.717, 1.165) is 30.5 Å². The Bertz CT molecular complexity index is 602. The average molecular weight is 247 g/mol. The summed E-state index contributed by atoms with van der Waals surface area (Å²) < 4.78 is 5.04. The van der Waals surface area contributed by atoms with Crippen LogP contribution in [-0.2, 0) is 6.54 Å². The van der Waals surface area contributed by atoms with E-state index in [1.165, 1.54) is 6.42 Å². The molecule has 1 aliphatic carbocycles. The molecule has 1 aromatic heterocycles. The molecule has 0 amide bonds. The summed E-state index contributed by atoms with van der Waals surface area (Å²) in [5, 5.41) is 3.46. The number of oxazole rings is 1. The first-order valence-corrected chi connectivity index (χ1v) is 6.33. The summed E-state index contributed by atoms with van der Waals surface area (Å²) in [7, 11) is 0. The molecule has 4 N–H and O–H groups in total. The van der Waals surface area contributed by atoms with Crippen LogP contribution in [0.15, 0.2) is 27.4 Å². The van der Waals surface area contributed by atoms with Crippen molar-refractivity contribution in [2.45, 2.75) is 37.9 Å². The molecule has 1 fully saturated rings. The number of aromatic nitrogens is 1. The van der Waals surface area contributed by atoms with E-state index in [0.29, 0.717) is 11.6 Å². The Labute approximate surface area is 104 Å². The second kappa shape index (κ2) is 4.59.